The van der Waals surface area contributed by atoms with Crippen LogP contribution in [0.2, 0.25) is 0 Å². The fourth-order valence-corrected chi connectivity index (χ4v) is 2.35. The standard InChI is InChI=1S/C19H25NO2/c1-4-21-18-11-10-17(12-19(18)22-5-2)14-20-13-16-8-6-15(3)7-9-16/h6-12,20H,4-5,13-14H2,1-3H3/p+1. The van der Waals surface area contributed by atoms with Gasteiger partial charge in [-0.1, -0.05) is 29.8 Å². The van der Waals surface area contributed by atoms with E-state index in [1.165, 1.54) is 16.7 Å². The maximum absolute atomic E-state index is 5.67. The number of quaternary nitrogens is 1. The van der Waals surface area contributed by atoms with Gasteiger partial charge >= 0.3 is 0 Å². The largest absolute Gasteiger partial charge is 0.490 e. The molecule has 2 aromatic carbocycles. The molecule has 0 amide bonds. The lowest BCUT2D eigenvalue weighted by molar-refractivity contribution is -0.686. The summed E-state index contributed by atoms with van der Waals surface area (Å²) in [5.74, 6) is 1.66. The van der Waals surface area contributed by atoms with E-state index in [0.29, 0.717) is 13.2 Å². The lowest BCUT2D eigenvalue weighted by Crippen LogP contribution is -2.80. The van der Waals surface area contributed by atoms with Gasteiger partial charge in [0.2, 0.25) is 0 Å². The molecule has 0 heterocycles. The first kappa shape index (κ1) is 16.4. The average molecular weight is 300 g/mol. The minimum atomic E-state index is 0.649. The fourth-order valence-electron chi connectivity index (χ4n) is 2.35. The van der Waals surface area contributed by atoms with Gasteiger partial charge in [0.1, 0.15) is 13.1 Å². The monoisotopic (exact) mass is 300 g/mol. The van der Waals surface area contributed by atoms with Crippen LogP contribution in [0.3, 0.4) is 0 Å². The van der Waals surface area contributed by atoms with Gasteiger partial charge in [-0.05, 0) is 39.0 Å². The molecule has 0 aliphatic rings. The second-order valence-corrected chi connectivity index (χ2v) is 5.33. The van der Waals surface area contributed by atoms with E-state index in [9.17, 15) is 0 Å². The Hall–Kier alpha value is -2.00. The summed E-state index contributed by atoms with van der Waals surface area (Å²) in [6, 6.07) is 14.9. The summed E-state index contributed by atoms with van der Waals surface area (Å²) in [5, 5.41) is 2.30. The lowest BCUT2D eigenvalue weighted by atomic mass is 10.1. The lowest BCUT2D eigenvalue weighted by Gasteiger charge is -2.12. The van der Waals surface area contributed by atoms with E-state index in [2.05, 4.69) is 48.6 Å². The summed E-state index contributed by atoms with van der Waals surface area (Å²) < 4.78 is 11.3. The van der Waals surface area contributed by atoms with Gasteiger partial charge in [-0.2, -0.15) is 0 Å². The van der Waals surface area contributed by atoms with Gasteiger partial charge in [-0.3, -0.25) is 0 Å². The molecule has 0 aliphatic heterocycles. The van der Waals surface area contributed by atoms with Gasteiger partial charge in [0, 0.05) is 11.1 Å². The van der Waals surface area contributed by atoms with E-state index in [1.54, 1.807) is 0 Å². The normalized spacial score (nSPS) is 10.5. The zero-order valence-electron chi connectivity index (χ0n) is 13.8. The summed E-state index contributed by atoms with van der Waals surface area (Å²) in [6.07, 6.45) is 0. The molecule has 2 aromatic rings. The molecular formula is C19H26NO2+. The van der Waals surface area contributed by atoms with Gasteiger partial charge < -0.3 is 14.8 Å². The molecule has 0 unspecified atom stereocenters. The third-order valence-electron chi connectivity index (χ3n) is 3.49. The van der Waals surface area contributed by atoms with Gasteiger partial charge in [0.25, 0.3) is 0 Å². The summed E-state index contributed by atoms with van der Waals surface area (Å²) >= 11 is 0. The first-order valence-electron chi connectivity index (χ1n) is 7.98. The molecular weight excluding hydrogens is 274 g/mol. The predicted octanol–water partition coefficient (Wildman–Crippen LogP) is 3.06. The number of rotatable bonds is 8. The molecule has 3 nitrogen and oxygen atoms in total. The Balaban J connectivity index is 1.94. The van der Waals surface area contributed by atoms with Crippen molar-refractivity contribution < 1.29 is 14.8 Å². The van der Waals surface area contributed by atoms with Crippen molar-refractivity contribution in [2.24, 2.45) is 0 Å². The first-order valence-corrected chi connectivity index (χ1v) is 7.98. The Labute approximate surface area is 133 Å². The molecule has 118 valence electrons. The van der Waals surface area contributed by atoms with Crippen molar-refractivity contribution >= 4 is 0 Å². The molecule has 22 heavy (non-hydrogen) atoms. The Morgan fingerprint density at radius 3 is 2.05 bits per heavy atom. The van der Waals surface area contributed by atoms with Crippen LogP contribution in [0.15, 0.2) is 42.5 Å². The summed E-state index contributed by atoms with van der Waals surface area (Å²) in [5.41, 5.74) is 3.90. The topological polar surface area (TPSA) is 35.1 Å². The van der Waals surface area contributed by atoms with Crippen molar-refractivity contribution in [2.75, 3.05) is 13.2 Å². The Morgan fingerprint density at radius 1 is 0.773 bits per heavy atom. The molecule has 0 fully saturated rings. The smallest absolute Gasteiger partial charge is 0.161 e. The van der Waals surface area contributed by atoms with E-state index in [0.717, 1.165) is 24.6 Å². The highest BCUT2D eigenvalue weighted by molar-refractivity contribution is 5.42. The summed E-state index contributed by atoms with van der Waals surface area (Å²) in [7, 11) is 0. The third kappa shape index (κ3) is 4.78. The van der Waals surface area contributed by atoms with E-state index in [-0.39, 0.29) is 0 Å². The van der Waals surface area contributed by atoms with Crippen LogP contribution in [0.25, 0.3) is 0 Å². The van der Waals surface area contributed by atoms with Crippen LogP contribution in [0.5, 0.6) is 11.5 Å². The Bertz CT molecular complexity index is 578. The third-order valence-corrected chi connectivity index (χ3v) is 3.49. The molecule has 0 radical (unpaired) electrons. The number of hydrogen-bond donors (Lipinski definition) is 1. The van der Waals surface area contributed by atoms with Crippen LogP contribution in [0.4, 0.5) is 0 Å². The maximum atomic E-state index is 5.67. The molecule has 0 saturated heterocycles. The van der Waals surface area contributed by atoms with Gasteiger partial charge in [-0.15, -0.1) is 0 Å². The Kier molecular flexibility index (Phi) is 6.28. The highest BCUT2D eigenvalue weighted by Crippen LogP contribution is 2.28. The molecule has 2 N–H and O–H groups in total. The maximum Gasteiger partial charge on any atom is 0.161 e. The molecule has 3 heteroatoms. The van der Waals surface area contributed by atoms with Gasteiger partial charge in [-0.25, -0.2) is 0 Å². The summed E-state index contributed by atoms with van der Waals surface area (Å²) in [4.78, 5) is 0. The van der Waals surface area contributed by atoms with Crippen LogP contribution < -0.4 is 14.8 Å². The van der Waals surface area contributed by atoms with Gasteiger partial charge in [0.05, 0.1) is 13.2 Å². The van der Waals surface area contributed by atoms with Crippen molar-refractivity contribution in [1.82, 2.24) is 0 Å². The second kappa shape index (κ2) is 8.44. The van der Waals surface area contributed by atoms with Crippen molar-refractivity contribution in [3.63, 3.8) is 0 Å². The SMILES string of the molecule is CCOc1ccc(C[NH2+]Cc2ccc(C)cc2)cc1OCC. The van der Waals surface area contributed by atoms with Crippen molar-refractivity contribution in [1.29, 1.82) is 0 Å². The van der Waals surface area contributed by atoms with Crippen LogP contribution in [-0.4, -0.2) is 13.2 Å². The number of ether oxygens (including phenoxy) is 2. The zero-order valence-corrected chi connectivity index (χ0v) is 13.8. The van der Waals surface area contributed by atoms with Crippen LogP contribution >= 0.6 is 0 Å². The van der Waals surface area contributed by atoms with Crippen molar-refractivity contribution in [2.45, 2.75) is 33.9 Å². The van der Waals surface area contributed by atoms with E-state index < -0.39 is 0 Å². The first-order chi connectivity index (χ1) is 10.7. The zero-order chi connectivity index (χ0) is 15.8. The molecule has 2 rings (SSSR count). The van der Waals surface area contributed by atoms with Crippen LogP contribution in [0.1, 0.15) is 30.5 Å². The van der Waals surface area contributed by atoms with E-state index >= 15 is 0 Å². The fraction of sp³-hybridized carbons (Fsp3) is 0.368. The van der Waals surface area contributed by atoms with E-state index in [4.69, 9.17) is 9.47 Å². The molecule has 0 aromatic heterocycles. The van der Waals surface area contributed by atoms with Crippen LogP contribution in [-0.2, 0) is 13.1 Å². The van der Waals surface area contributed by atoms with Crippen molar-refractivity contribution in [3.8, 4) is 11.5 Å². The second-order valence-electron chi connectivity index (χ2n) is 5.33. The number of hydrogen-bond acceptors (Lipinski definition) is 2. The highest BCUT2D eigenvalue weighted by atomic mass is 16.5. The quantitative estimate of drug-likeness (QED) is 0.813. The molecule has 0 aliphatic carbocycles. The molecule has 0 saturated carbocycles. The summed E-state index contributed by atoms with van der Waals surface area (Å²) in [6.45, 7) is 9.31. The molecule has 0 bridgehead atoms. The molecule has 0 atom stereocenters. The minimum Gasteiger partial charge on any atom is -0.490 e. The number of nitrogens with two attached hydrogens (primary N) is 1. The predicted molar refractivity (Wildman–Crippen MR) is 89.3 cm³/mol. The average Bonchev–Trinajstić information content (AvgIpc) is 2.52. The number of aryl methyl sites for hydroxylation is 1. The number of benzene rings is 2. The molecule has 0 spiro atoms. The van der Waals surface area contributed by atoms with Crippen LogP contribution in [0, 0.1) is 6.92 Å². The Morgan fingerprint density at radius 2 is 1.36 bits per heavy atom. The van der Waals surface area contributed by atoms with E-state index in [1.807, 2.05) is 19.9 Å². The van der Waals surface area contributed by atoms with Gasteiger partial charge in [0.15, 0.2) is 11.5 Å². The van der Waals surface area contributed by atoms with Crippen molar-refractivity contribution in [3.05, 3.63) is 59.2 Å². The highest BCUT2D eigenvalue weighted by Gasteiger charge is 2.07. The minimum absolute atomic E-state index is 0.649.